The maximum absolute atomic E-state index is 12.1. The Morgan fingerprint density at radius 3 is 1.86 bits per heavy atom. The van der Waals surface area contributed by atoms with Crippen molar-refractivity contribution in [3.05, 3.63) is 0 Å². The summed E-state index contributed by atoms with van der Waals surface area (Å²) in [6.45, 7) is 6.91. The fraction of sp³-hybridized carbons (Fsp3) is 0.692. The van der Waals surface area contributed by atoms with Crippen LogP contribution in [0.4, 0.5) is 9.59 Å². The third-order valence-corrected chi connectivity index (χ3v) is 2.73. The van der Waals surface area contributed by atoms with Crippen LogP contribution in [0.1, 0.15) is 34.6 Å². The lowest BCUT2D eigenvalue weighted by Gasteiger charge is -2.35. The molecule has 1 atom stereocenters. The summed E-state index contributed by atoms with van der Waals surface area (Å²) in [7, 11) is 0. The Morgan fingerprint density at radius 2 is 1.45 bits per heavy atom. The molecule has 9 heteroatoms. The molecule has 0 unspecified atom stereocenters. The van der Waals surface area contributed by atoms with Crippen LogP contribution in [0.5, 0.6) is 0 Å². The maximum atomic E-state index is 12.1. The van der Waals surface area contributed by atoms with E-state index in [1.54, 1.807) is 13.8 Å². The second-order valence-electron chi connectivity index (χ2n) is 4.22. The molecule has 0 fully saturated rings. The first-order chi connectivity index (χ1) is 10.2. The molecule has 0 radical (unpaired) electrons. The third kappa shape index (κ3) is 4.61. The highest BCUT2D eigenvalue weighted by Gasteiger charge is 2.50. The Bertz CT molecular complexity index is 438. The predicted molar refractivity (Wildman–Crippen MR) is 74.7 cm³/mol. The van der Waals surface area contributed by atoms with Gasteiger partial charge in [0.2, 0.25) is 5.54 Å². The summed E-state index contributed by atoms with van der Waals surface area (Å²) in [6.07, 6.45) is -2.09. The van der Waals surface area contributed by atoms with Crippen molar-refractivity contribution in [1.82, 2.24) is 10.4 Å². The van der Waals surface area contributed by atoms with Crippen LogP contribution in [0.25, 0.3) is 0 Å². The van der Waals surface area contributed by atoms with Crippen molar-refractivity contribution in [2.75, 3.05) is 19.8 Å². The van der Waals surface area contributed by atoms with Gasteiger partial charge >= 0.3 is 18.2 Å². The Hall–Kier alpha value is -2.32. The molecule has 1 N–H and O–H groups in total. The minimum Gasteiger partial charge on any atom is -0.464 e. The molecule has 0 aromatic carbocycles. The molecule has 0 saturated heterocycles. The number of amides is 2. The summed E-state index contributed by atoms with van der Waals surface area (Å²) in [4.78, 5) is 47.6. The molecule has 0 bridgehead atoms. The predicted octanol–water partition coefficient (Wildman–Crippen LogP) is 1.02. The number of hydrazine groups is 1. The smallest absolute Gasteiger partial charge is 0.430 e. The largest absolute Gasteiger partial charge is 0.464 e. The molecule has 0 spiro atoms. The van der Waals surface area contributed by atoms with Crippen molar-refractivity contribution in [3.63, 3.8) is 0 Å². The van der Waals surface area contributed by atoms with Crippen LogP contribution in [0, 0.1) is 0 Å². The summed E-state index contributed by atoms with van der Waals surface area (Å²) in [5, 5.41) is 0.481. The Kier molecular flexibility index (Phi) is 7.92. The van der Waals surface area contributed by atoms with Gasteiger partial charge in [0, 0.05) is 0 Å². The van der Waals surface area contributed by atoms with Crippen molar-refractivity contribution in [2.45, 2.75) is 40.2 Å². The standard InChI is InChI=1S/C13H22N2O7/c1-6-20-10(17)13(5,9(4)16)15(12(19)22-8-3)14-11(18)21-7-2/h6-8H2,1-5H3,(H,14,18)/t13-/m1/s1. The van der Waals surface area contributed by atoms with Gasteiger partial charge in [0.25, 0.3) is 0 Å². The van der Waals surface area contributed by atoms with Gasteiger partial charge in [0.15, 0.2) is 5.78 Å². The average Bonchev–Trinajstić information content (AvgIpc) is 2.44. The van der Waals surface area contributed by atoms with E-state index in [0.29, 0.717) is 5.01 Å². The third-order valence-electron chi connectivity index (χ3n) is 2.73. The molecular weight excluding hydrogens is 296 g/mol. The molecule has 0 aromatic heterocycles. The van der Waals surface area contributed by atoms with E-state index in [4.69, 9.17) is 9.47 Å². The second kappa shape index (κ2) is 8.85. The van der Waals surface area contributed by atoms with Gasteiger partial charge < -0.3 is 14.2 Å². The molecule has 2 amide bonds. The summed E-state index contributed by atoms with van der Waals surface area (Å²) in [5.74, 6) is -1.71. The Morgan fingerprint density at radius 1 is 0.955 bits per heavy atom. The van der Waals surface area contributed by atoms with Gasteiger partial charge in [-0.2, -0.15) is 5.01 Å². The summed E-state index contributed by atoms with van der Waals surface area (Å²) in [6, 6.07) is 0. The number of nitrogens with zero attached hydrogens (tertiary/aromatic N) is 1. The molecule has 126 valence electrons. The molecular formula is C13H22N2O7. The fourth-order valence-corrected chi connectivity index (χ4v) is 1.45. The highest BCUT2D eigenvalue weighted by atomic mass is 16.6. The maximum Gasteiger partial charge on any atom is 0.430 e. The molecule has 0 heterocycles. The summed E-state index contributed by atoms with van der Waals surface area (Å²) in [5.41, 5.74) is -0.0346. The quantitative estimate of drug-likeness (QED) is 0.337. The van der Waals surface area contributed by atoms with E-state index >= 15 is 0 Å². The normalized spacial score (nSPS) is 12.6. The first-order valence-electron chi connectivity index (χ1n) is 6.84. The lowest BCUT2D eigenvalue weighted by Crippen LogP contribution is -2.66. The number of Topliss-reactive ketones (excluding diaryl/α,β-unsaturated/α-hetero) is 1. The van der Waals surface area contributed by atoms with Crippen molar-refractivity contribution >= 4 is 23.9 Å². The van der Waals surface area contributed by atoms with Gasteiger partial charge in [-0.25, -0.2) is 19.8 Å². The number of ether oxygens (including phenoxy) is 3. The first kappa shape index (κ1) is 19.7. The Labute approximate surface area is 128 Å². The molecule has 0 aliphatic rings. The molecule has 0 saturated carbocycles. The number of esters is 1. The lowest BCUT2D eigenvalue weighted by molar-refractivity contribution is -0.161. The molecule has 9 nitrogen and oxygen atoms in total. The summed E-state index contributed by atoms with van der Waals surface area (Å²) < 4.78 is 14.2. The van der Waals surface area contributed by atoms with Crippen LogP contribution in [-0.4, -0.2) is 54.3 Å². The molecule has 0 aromatic rings. The number of nitrogens with one attached hydrogen (secondary N) is 1. The van der Waals surface area contributed by atoms with E-state index in [0.717, 1.165) is 13.8 Å². The van der Waals surface area contributed by atoms with E-state index in [2.05, 4.69) is 4.74 Å². The second-order valence-corrected chi connectivity index (χ2v) is 4.22. The monoisotopic (exact) mass is 318 g/mol. The topological polar surface area (TPSA) is 111 Å². The van der Waals surface area contributed by atoms with Crippen LogP contribution in [0.2, 0.25) is 0 Å². The number of hydrogen-bond donors (Lipinski definition) is 1. The average molecular weight is 318 g/mol. The number of carbonyl (C=O) groups is 4. The number of carbonyl (C=O) groups excluding carboxylic acids is 4. The fourth-order valence-electron chi connectivity index (χ4n) is 1.45. The van der Waals surface area contributed by atoms with Gasteiger partial charge in [-0.3, -0.25) is 4.79 Å². The number of ketones is 1. The molecule has 0 aliphatic heterocycles. The molecule has 0 aliphatic carbocycles. The van der Waals surface area contributed by atoms with E-state index < -0.39 is 29.5 Å². The van der Waals surface area contributed by atoms with Crippen LogP contribution >= 0.6 is 0 Å². The van der Waals surface area contributed by atoms with E-state index in [-0.39, 0.29) is 19.8 Å². The van der Waals surface area contributed by atoms with Crippen molar-refractivity contribution in [2.24, 2.45) is 0 Å². The minimum atomic E-state index is -2.07. The van der Waals surface area contributed by atoms with Crippen LogP contribution in [0.3, 0.4) is 0 Å². The lowest BCUT2D eigenvalue weighted by atomic mass is 9.97. The van der Waals surface area contributed by atoms with Gasteiger partial charge in [-0.15, -0.1) is 0 Å². The van der Waals surface area contributed by atoms with Crippen molar-refractivity contribution < 1.29 is 33.4 Å². The SMILES string of the molecule is CCOC(=O)NN(C(=O)OCC)[C@](C)(C(C)=O)C(=O)OCC. The van der Waals surface area contributed by atoms with Gasteiger partial charge in [-0.1, -0.05) is 0 Å². The van der Waals surface area contributed by atoms with E-state index in [9.17, 15) is 19.2 Å². The molecule has 22 heavy (non-hydrogen) atoms. The van der Waals surface area contributed by atoms with Gasteiger partial charge in [-0.05, 0) is 34.6 Å². The summed E-state index contributed by atoms with van der Waals surface area (Å²) >= 11 is 0. The zero-order valence-electron chi connectivity index (χ0n) is 13.4. The Balaban J connectivity index is 5.64. The van der Waals surface area contributed by atoms with Crippen LogP contribution < -0.4 is 5.43 Å². The van der Waals surface area contributed by atoms with Gasteiger partial charge in [0.1, 0.15) is 0 Å². The van der Waals surface area contributed by atoms with Crippen LogP contribution in [-0.2, 0) is 23.8 Å². The van der Waals surface area contributed by atoms with E-state index in [1.807, 2.05) is 5.43 Å². The van der Waals surface area contributed by atoms with Crippen molar-refractivity contribution in [1.29, 1.82) is 0 Å². The first-order valence-corrected chi connectivity index (χ1v) is 6.84. The van der Waals surface area contributed by atoms with Gasteiger partial charge in [0.05, 0.1) is 19.8 Å². The number of hydrogen-bond acceptors (Lipinski definition) is 7. The van der Waals surface area contributed by atoms with Crippen LogP contribution in [0.15, 0.2) is 0 Å². The van der Waals surface area contributed by atoms with Crippen molar-refractivity contribution in [3.8, 4) is 0 Å². The minimum absolute atomic E-state index is 0.00221. The zero-order valence-corrected chi connectivity index (χ0v) is 13.4. The highest BCUT2D eigenvalue weighted by Crippen LogP contribution is 2.18. The molecule has 0 rings (SSSR count). The van der Waals surface area contributed by atoms with E-state index in [1.165, 1.54) is 6.92 Å². The zero-order chi connectivity index (χ0) is 17.3. The number of rotatable bonds is 6. The highest BCUT2D eigenvalue weighted by molar-refractivity contribution is 6.09.